The number of carbonyl (C=O) groups is 1. The summed E-state index contributed by atoms with van der Waals surface area (Å²) in [6.07, 6.45) is 17.1. The van der Waals surface area contributed by atoms with Gasteiger partial charge in [-0.1, -0.05) is 78.9 Å². The van der Waals surface area contributed by atoms with Gasteiger partial charge in [0.1, 0.15) is 5.75 Å². The quantitative estimate of drug-likeness (QED) is 0.166. The summed E-state index contributed by atoms with van der Waals surface area (Å²) in [5, 5.41) is 0. The lowest BCUT2D eigenvalue weighted by molar-refractivity contribution is 0.0368. The highest BCUT2D eigenvalue weighted by molar-refractivity contribution is 6.00. The fourth-order valence-corrected chi connectivity index (χ4v) is 4.44. The number of rotatable bonds is 15. The highest BCUT2D eigenvalue weighted by Gasteiger charge is 2.21. The van der Waals surface area contributed by atoms with Gasteiger partial charge in [0.2, 0.25) is 0 Å². The molecule has 0 bridgehead atoms. The van der Waals surface area contributed by atoms with Crippen LogP contribution in [-0.4, -0.2) is 50.3 Å². The molecular formula is C33H40N2O3. The van der Waals surface area contributed by atoms with E-state index in [0.717, 1.165) is 74.4 Å². The second-order valence-electron chi connectivity index (χ2n) is 9.13. The fraction of sp³-hybridized carbons (Fsp3) is 0.303. The number of morpholine rings is 1. The third-order valence-electron chi connectivity index (χ3n) is 6.37. The molecule has 1 fully saturated rings. The van der Waals surface area contributed by atoms with Crippen LogP contribution in [-0.2, 0) is 4.74 Å². The molecule has 2 aromatic carbocycles. The number of hydrogen-bond donors (Lipinski definition) is 1. The molecule has 1 amide bonds. The standard InChI is InChI=1S/C33H40N2O3/c1-3-5-6-7-8-10-18-28(15-4-2)31-29(27-16-11-9-12-17-27)19-20-30(33(34)36)32(31)38-24-14-13-21-35-22-25-37-26-23-35/h3-4,6-12,16-20H,1-2,5,13-15,21-26H2,(H2,34,36)/b7-6+,10-8+,28-18-. The largest absolute Gasteiger partial charge is 0.492 e. The molecule has 0 aliphatic carbocycles. The Morgan fingerprint density at radius 1 is 1.00 bits per heavy atom. The Kier molecular flexibility index (Phi) is 12.3. The third kappa shape index (κ3) is 8.72. The van der Waals surface area contributed by atoms with Crippen LogP contribution < -0.4 is 10.5 Å². The van der Waals surface area contributed by atoms with E-state index in [9.17, 15) is 4.79 Å². The summed E-state index contributed by atoms with van der Waals surface area (Å²) in [5.41, 5.74) is 10.1. The van der Waals surface area contributed by atoms with E-state index in [4.69, 9.17) is 15.2 Å². The lowest BCUT2D eigenvalue weighted by Crippen LogP contribution is -2.36. The lowest BCUT2D eigenvalue weighted by atomic mass is 9.89. The Morgan fingerprint density at radius 2 is 1.79 bits per heavy atom. The number of amides is 1. The summed E-state index contributed by atoms with van der Waals surface area (Å²) in [6, 6.07) is 13.9. The van der Waals surface area contributed by atoms with E-state index in [1.165, 1.54) is 0 Å². The van der Waals surface area contributed by atoms with Crippen LogP contribution >= 0.6 is 0 Å². The molecule has 0 atom stereocenters. The number of benzene rings is 2. The molecule has 5 heteroatoms. The van der Waals surface area contributed by atoms with Crippen molar-refractivity contribution in [1.29, 1.82) is 0 Å². The molecule has 0 radical (unpaired) electrons. The first-order chi connectivity index (χ1) is 18.7. The van der Waals surface area contributed by atoms with Gasteiger partial charge in [-0.2, -0.15) is 0 Å². The van der Waals surface area contributed by atoms with Crippen LogP contribution in [0.5, 0.6) is 5.75 Å². The molecule has 0 aromatic heterocycles. The highest BCUT2D eigenvalue weighted by atomic mass is 16.5. The highest BCUT2D eigenvalue weighted by Crippen LogP contribution is 2.40. The van der Waals surface area contributed by atoms with Crippen molar-refractivity contribution >= 4 is 11.5 Å². The zero-order chi connectivity index (χ0) is 27.0. The number of ether oxygens (including phenoxy) is 2. The van der Waals surface area contributed by atoms with E-state index in [0.29, 0.717) is 24.3 Å². The molecule has 0 saturated carbocycles. The molecule has 200 valence electrons. The molecule has 1 aliphatic heterocycles. The summed E-state index contributed by atoms with van der Waals surface area (Å²) >= 11 is 0. The van der Waals surface area contributed by atoms with Crippen LogP contribution in [0.2, 0.25) is 0 Å². The van der Waals surface area contributed by atoms with E-state index in [-0.39, 0.29) is 0 Å². The Bertz CT molecular complexity index is 1140. The average molecular weight is 513 g/mol. The molecule has 2 aromatic rings. The average Bonchev–Trinajstić information content (AvgIpc) is 2.94. The van der Waals surface area contributed by atoms with Crippen molar-refractivity contribution in [3.8, 4) is 16.9 Å². The maximum atomic E-state index is 12.5. The molecule has 5 nitrogen and oxygen atoms in total. The van der Waals surface area contributed by atoms with Crippen LogP contribution in [0, 0.1) is 0 Å². The minimum Gasteiger partial charge on any atom is -0.492 e. The van der Waals surface area contributed by atoms with Crippen LogP contribution in [0.25, 0.3) is 16.7 Å². The van der Waals surface area contributed by atoms with Gasteiger partial charge in [0.25, 0.3) is 5.91 Å². The van der Waals surface area contributed by atoms with Gasteiger partial charge < -0.3 is 15.2 Å². The van der Waals surface area contributed by atoms with Gasteiger partial charge in [-0.3, -0.25) is 9.69 Å². The summed E-state index contributed by atoms with van der Waals surface area (Å²) in [5.74, 6) is 0.0314. The van der Waals surface area contributed by atoms with Crippen molar-refractivity contribution in [3.05, 3.63) is 109 Å². The van der Waals surface area contributed by atoms with Gasteiger partial charge in [-0.05, 0) is 55.0 Å². The monoisotopic (exact) mass is 512 g/mol. The van der Waals surface area contributed by atoms with E-state index in [1.807, 2.05) is 60.7 Å². The van der Waals surface area contributed by atoms with Crippen LogP contribution in [0.1, 0.15) is 41.6 Å². The minimum atomic E-state index is -0.505. The van der Waals surface area contributed by atoms with Gasteiger partial charge in [0, 0.05) is 18.7 Å². The summed E-state index contributed by atoms with van der Waals surface area (Å²) in [7, 11) is 0. The summed E-state index contributed by atoms with van der Waals surface area (Å²) in [6.45, 7) is 12.8. The molecular weight excluding hydrogens is 472 g/mol. The number of primary amides is 1. The SMILES string of the molecule is C=CC/C=C/C=C/C=C(/CC=C)c1c(-c2ccccc2)ccc(C(N)=O)c1OCCCCN1CCOCC1. The second kappa shape index (κ2) is 16.2. The molecule has 38 heavy (non-hydrogen) atoms. The predicted octanol–water partition coefficient (Wildman–Crippen LogP) is 6.59. The predicted molar refractivity (Wildman–Crippen MR) is 158 cm³/mol. The van der Waals surface area contributed by atoms with E-state index < -0.39 is 5.91 Å². The summed E-state index contributed by atoms with van der Waals surface area (Å²) < 4.78 is 11.8. The maximum absolute atomic E-state index is 12.5. The Balaban J connectivity index is 1.95. The first-order valence-corrected chi connectivity index (χ1v) is 13.3. The smallest absolute Gasteiger partial charge is 0.252 e. The zero-order valence-electron chi connectivity index (χ0n) is 22.3. The van der Waals surface area contributed by atoms with Crippen molar-refractivity contribution in [2.45, 2.75) is 25.7 Å². The van der Waals surface area contributed by atoms with Gasteiger partial charge >= 0.3 is 0 Å². The second-order valence-corrected chi connectivity index (χ2v) is 9.13. The van der Waals surface area contributed by atoms with Crippen LogP contribution in [0.3, 0.4) is 0 Å². The topological polar surface area (TPSA) is 64.8 Å². The molecule has 3 rings (SSSR count). The molecule has 0 spiro atoms. The maximum Gasteiger partial charge on any atom is 0.252 e. The molecule has 1 saturated heterocycles. The molecule has 2 N–H and O–H groups in total. The van der Waals surface area contributed by atoms with E-state index in [1.54, 1.807) is 6.07 Å². The minimum absolute atomic E-state index is 0.387. The van der Waals surface area contributed by atoms with Gasteiger partial charge in [-0.15, -0.1) is 13.2 Å². The molecule has 0 unspecified atom stereocenters. The van der Waals surface area contributed by atoms with Crippen molar-refractivity contribution in [1.82, 2.24) is 4.90 Å². The van der Waals surface area contributed by atoms with Gasteiger partial charge in [-0.25, -0.2) is 0 Å². The number of hydrogen-bond acceptors (Lipinski definition) is 4. The van der Waals surface area contributed by atoms with Gasteiger partial charge in [0.15, 0.2) is 0 Å². The number of unbranched alkanes of at least 4 members (excludes halogenated alkanes) is 1. The van der Waals surface area contributed by atoms with Crippen molar-refractivity contribution in [2.75, 3.05) is 39.5 Å². The van der Waals surface area contributed by atoms with Crippen molar-refractivity contribution < 1.29 is 14.3 Å². The molecule has 1 heterocycles. The van der Waals surface area contributed by atoms with Gasteiger partial charge in [0.05, 0.1) is 25.4 Å². The Labute approximate surface area is 227 Å². The van der Waals surface area contributed by atoms with Crippen LogP contribution in [0.15, 0.2) is 98.2 Å². The number of carbonyl (C=O) groups excluding carboxylic acids is 1. The van der Waals surface area contributed by atoms with Crippen molar-refractivity contribution in [3.63, 3.8) is 0 Å². The van der Waals surface area contributed by atoms with E-state index >= 15 is 0 Å². The first-order valence-electron chi connectivity index (χ1n) is 13.3. The van der Waals surface area contributed by atoms with E-state index in [2.05, 4.69) is 36.3 Å². The van der Waals surface area contributed by atoms with Crippen LogP contribution in [0.4, 0.5) is 0 Å². The summed E-state index contributed by atoms with van der Waals surface area (Å²) in [4.78, 5) is 14.9. The Morgan fingerprint density at radius 3 is 2.50 bits per heavy atom. The number of nitrogens with zero attached hydrogens (tertiary/aromatic N) is 1. The first kappa shape index (κ1) is 28.9. The normalized spacial score (nSPS) is 14.7. The van der Waals surface area contributed by atoms with Crippen molar-refractivity contribution in [2.24, 2.45) is 5.73 Å². The zero-order valence-corrected chi connectivity index (χ0v) is 22.3. The Hall–Kier alpha value is -3.67. The third-order valence-corrected chi connectivity index (χ3v) is 6.37. The lowest BCUT2D eigenvalue weighted by Gasteiger charge is -2.26. The fourth-order valence-electron chi connectivity index (χ4n) is 4.44. The number of nitrogens with two attached hydrogens (primary N) is 1. The molecule has 1 aliphatic rings. The number of allylic oxidation sites excluding steroid dienone is 8.